The number of rotatable bonds is 13. The molecule has 3 fully saturated rings. The van der Waals surface area contributed by atoms with Gasteiger partial charge in [0.15, 0.2) is 0 Å². The number of hydrogen-bond donors (Lipinski definition) is 1. The van der Waals surface area contributed by atoms with E-state index in [-0.39, 0.29) is 30.9 Å². The van der Waals surface area contributed by atoms with Crippen LogP contribution < -0.4 is 4.90 Å². The van der Waals surface area contributed by atoms with Crippen molar-refractivity contribution in [1.29, 1.82) is 0 Å². The fourth-order valence-electron chi connectivity index (χ4n) is 8.00. The van der Waals surface area contributed by atoms with Gasteiger partial charge in [0.2, 0.25) is 11.8 Å². The highest BCUT2D eigenvalue weighted by atomic mass is 35.5. The second-order valence-electron chi connectivity index (χ2n) is 12.7. The van der Waals surface area contributed by atoms with Crippen LogP contribution in [0.15, 0.2) is 73.8 Å². The van der Waals surface area contributed by atoms with Gasteiger partial charge < -0.3 is 19.8 Å². The molecule has 1 spiro atoms. The summed E-state index contributed by atoms with van der Waals surface area (Å²) in [7, 11) is 0. The zero-order valence-electron chi connectivity index (χ0n) is 26.5. The third kappa shape index (κ3) is 5.63. The number of aliphatic hydroxyl groups is 1. The Morgan fingerprint density at radius 2 is 1.82 bits per heavy atom. The summed E-state index contributed by atoms with van der Waals surface area (Å²) < 4.78 is -1.35. The number of halogens is 1. The lowest BCUT2D eigenvalue weighted by atomic mass is 9.66. The average molecular weight is 650 g/mol. The van der Waals surface area contributed by atoms with E-state index in [1.54, 1.807) is 44.7 Å². The summed E-state index contributed by atoms with van der Waals surface area (Å²) in [4.78, 5) is 49.5. The summed E-state index contributed by atoms with van der Waals surface area (Å²) in [5.74, 6) is -1.86. The smallest absolute Gasteiger partial charge is 0.251 e. The summed E-state index contributed by atoms with van der Waals surface area (Å²) in [6, 6.07) is 13.6. The minimum absolute atomic E-state index is 0.0618. The normalized spacial score (nSPS) is 27.3. The number of aliphatic hydroxyl groups excluding tert-OH is 1. The first-order valence-corrected chi connectivity index (χ1v) is 17.0. The van der Waals surface area contributed by atoms with Crippen molar-refractivity contribution in [2.75, 3.05) is 31.1 Å². The highest BCUT2D eigenvalue weighted by Crippen LogP contribution is 2.72. The number of carbonyl (C=O) groups is 3. The molecule has 3 heterocycles. The molecule has 2 aromatic carbocycles. The van der Waals surface area contributed by atoms with Crippen LogP contribution in [0.2, 0.25) is 5.02 Å². The van der Waals surface area contributed by atoms with E-state index in [0.29, 0.717) is 43.1 Å². The van der Waals surface area contributed by atoms with Gasteiger partial charge in [0.05, 0.1) is 39.9 Å². The standard InChI is InChI=1S/C36H44ClN3O4S/c1-6-19-38(20-7-2)32(42)28-29-33(43)40(26(23-41)22-25-14-10-9-11-15-25)31(36(29)18-17-35(28,5)45-36)34(44)39(21-8-3)30-24(4)13-12-16-27(30)37/h6,8-16,26,28-29,31,41H,1,3,7,17-23H2,2,4-5H3/t26-,28+,29+,31?,35-,36?/m1/s1. The van der Waals surface area contributed by atoms with Crippen LogP contribution in [0.1, 0.15) is 44.2 Å². The molecule has 3 saturated heterocycles. The van der Waals surface area contributed by atoms with E-state index >= 15 is 4.79 Å². The van der Waals surface area contributed by atoms with Crippen molar-refractivity contribution in [3.8, 4) is 0 Å². The Hall–Kier alpha value is -3.07. The van der Waals surface area contributed by atoms with Gasteiger partial charge in [-0.15, -0.1) is 24.9 Å². The van der Waals surface area contributed by atoms with Crippen molar-refractivity contribution in [2.24, 2.45) is 11.8 Å². The molecule has 1 N–H and O–H groups in total. The SMILES string of the molecule is C=CCN(CCC)C(=O)[C@@H]1[C@H]2C(=O)N([C@@H](CO)Cc3ccccc3)C(C(=O)N(CC=C)c3c(C)cccc3Cl)C23CC[C@@]1(C)S3. The summed E-state index contributed by atoms with van der Waals surface area (Å²) in [6.07, 6.45) is 5.87. The predicted octanol–water partition coefficient (Wildman–Crippen LogP) is 5.68. The van der Waals surface area contributed by atoms with Crippen LogP contribution >= 0.6 is 23.4 Å². The van der Waals surface area contributed by atoms with E-state index in [1.807, 2.05) is 56.3 Å². The fraction of sp³-hybridized carbons (Fsp3) is 0.472. The average Bonchev–Trinajstić information content (AvgIpc) is 3.59. The molecule has 2 bridgehead atoms. The van der Waals surface area contributed by atoms with Crippen LogP contribution in [-0.4, -0.2) is 80.4 Å². The topological polar surface area (TPSA) is 81.2 Å². The Bertz CT molecular complexity index is 1450. The van der Waals surface area contributed by atoms with Crippen LogP contribution in [0, 0.1) is 18.8 Å². The minimum Gasteiger partial charge on any atom is -0.394 e. The Labute approximate surface area is 276 Å². The molecule has 6 atom stereocenters. The van der Waals surface area contributed by atoms with Crippen LogP contribution in [-0.2, 0) is 20.8 Å². The number of carbonyl (C=O) groups excluding carboxylic acids is 3. The van der Waals surface area contributed by atoms with E-state index in [4.69, 9.17) is 11.6 Å². The van der Waals surface area contributed by atoms with Gasteiger partial charge in [-0.1, -0.05) is 73.1 Å². The lowest BCUT2D eigenvalue weighted by Crippen LogP contribution is -2.58. The van der Waals surface area contributed by atoms with Crippen molar-refractivity contribution < 1.29 is 19.5 Å². The molecule has 3 aliphatic heterocycles. The second-order valence-corrected chi connectivity index (χ2v) is 15.0. The molecule has 7 nitrogen and oxygen atoms in total. The number of nitrogens with zero attached hydrogens (tertiary/aromatic N) is 3. The molecule has 9 heteroatoms. The van der Waals surface area contributed by atoms with Gasteiger partial charge in [-0.05, 0) is 56.7 Å². The monoisotopic (exact) mass is 649 g/mol. The summed E-state index contributed by atoms with van der Waals surface area (Å²) in [5.41, 5.74) is 2.36. The van der Waals surface area contributed by atoms with Crippen LogP contribution in [0.3, 0.4) is 0 Å². The number of anilines is 1. The van der Waals surface area contributed by atoms with E-state index in [1.165, 1.54) is 0 Å². The number of fused-ring (bicyclic) bond motifs is 1. The van der Waals surface area contributed by atoms with Crippen LogP contribution in [0.25, 0.3) is 0 Å². The molecule has 5 rings (SSSR count). The van der Waals surface area contributed by atoms with Gasteiger partial charge in [-0.3, -0.25) is 14.4 Å². The zero-order chi connectivity index (χ0) is 32.5. The largest absolute Gasteiger partial charge is 0.394 e. The molecule has 3 amide bonds. The maximum absolute atomic E-state index is 15.1. The lowest BCUT2D eigenvalue weighted by Gasteiger charge is -2.40. The number of benzene rings is 2. The molecule has 0 aliphatic carbocycles. The van der Waals surface area contributed by atoms with E-state index in [9.17, 15) is 14.7 Å². The van der Waals surface area contributed by atoms with Gasteiger partial charge >= 0.3 is 0 Å². The maximum Gasteiger partial charge on any atom is 0.251 e. The molecule has 240 valence electrons. The number of hydrogen-bond acceptors (Lipinski definition) is 5. The lowest BCUT2D eigenvalue weighted by molar-refractivity contribution is -0.146. The number of para-hydroxylation sites is 1. The van der Waals surface area contributed by atoms with Gasteiger partial charge in [0, 0.05) is 24.4 Å². The van der Waals surface area contributed by atoms with Gasteiger partial charge in [-0.2, -0.15) is 0 Å². The highest BCUT2D eigenvalue weighted by molar-refractivity contribution is 8.02. The molecule has 45 heavy (non-hydrogen) atoms. The van der Waals surface area contributed by atoms with Crippen molar-refractivity contribution in [1.82, 2.24) is 9.80 Å². The molecule has 3 aliphatic rings. The fourth-order valence-corrected chi connectivity index (χ4v) is 10.7. The summed E-state index contributed by atoms with van der Waals surface area (Å²) in [5, 5.41) is 11.3. The first kappa shape index (κ1) is 33.3. The Morgan fingerprint density at radius 3 is 2.44 bits per heavy atom. The van der Waals surface area contributed by atoms with Gasteiger partial charge in [-0.25, -0.2) is 0 Å². The first-order valence-electron chi connectivity index (χ1n) is 15.8. The van der Waals surface area contributed by atoms with E-state index < -0.39 is 33.4 Å². The van der Waals surface area contributed by atoms with Crippen molar-refractivity contribution >= 4 is 46.8 Å². The number of amides is 3. The van der Waals surface area contributed by atoms with E-state index in [0.717, 1.165) is 17.5 Å². The minimum atomic E-state index is -0.907. The van der Waals surface area contributed by atoms with Crippen LogP contribution in [0.5, 0.6) is 0 Å². The number of aryl methyl sites for hydroxylation is 1. The first-order chi connectivity index (χ1) is 21.6. The van der Waals surface area contributed by atoms with Crippen LogP contribution in [0.4, 0.5) is 5.69 Å². The highest BCUT2D eigenvalue weighted by Gasteiger charge is 2.78. The quantitative estimate of drug-likeness (QED) is 0.283. The molecule has 2 aromatic rings. The third-order valence-electron chi connectivity index (χ3n) is 9.82. The van der Waals surface area contributed by atoms with Crippen molar-refractivity contribution in [3.63, 3.8) is 0 Å². The number of thioether (sulfide) groups is 1. The van der Waals surface area contributed by atoms with E-state index in [2.05, 4.69) is 20.1 Å². The van der Waals surface area contributed by atoms with Gasteiger partial charge in [0.25, 0.3) is 5.91 Å². The van der Waals surface area contributed by atoms with Crippen molar-refractivity contribution in [2.45, 2.75) is 68.0 Å². The summed E-state index contributed by atoms with van der Waals surface area (Å²) in [6.45, 7) is 14.6. The molecule has 0 saturated carbocycles. The molecular weight excluding hydrogens is 606 g/mol. The predicted molar refractivity (Wildman–Crippen MR) is 182 cm³/mol. The molecule has 2 unspecified atom stereocenters. The second kappa shape index (κ2) is 13.3. The molecule has 0 radical (unpaired) electrons. The third-order valence-corrected chi connectivity index (χ3v) is 12.1. The zero-order valence-corrected chi connectivity index (χ0v) is 28.0. The Morgan fingerprint density at radius 1 is 1.11 bits per heavy atom. The number of likely N-dealkylation sites (tertiary alicyclic amines) is 1. The maximum atomic E-state index is 15.1. The molecule has 0 aromatic heterocycles. The Balaban J connectivity index is 1.66. The molecular formula is C36H44ClN3O4S. The Kier molecular flexibility index (Phi) is 9.87. The summed E-state index contributed by atoms with van der Waals surface area (Å²) >= 11 is 8.37. The van der Waals surface area contributed by atoms with Crippen molar-refractivity contribution in [3.05, 3.63) is 90.0 Å². The van der Waals surface area contributed by atoms with Gasteiger partial charge in [0.1, 0.15) is 6.04 Å².